The van der Waals surface area contributed by atoms with Gasteiger partial charge in [-0.3, -0.25) is 9.20 Å². The van der Waals surface area contributed by atoms with Crippen LogP contribution in [0.25, 0.3) is 4.96 Å². The van der Waals surface area contributed by atoms with Crippen LogP contribution in [0, 0.1) is 13.8 Å². The van der Waals surface area contributed by atoms with Crippen molar-refractivity contribution in [2.45, 2.75) is 26.4 Å². The van der Waals surface area contributed by atoms with Crippen LogP contribution in [0.3, 0.4) is 0 Å². The zero-order valence-electron chi connectivity index (χ0n) is 13.1. The van der Waals surface area contributed by atoms with Crippen molar-refractivity contribution in [2.75, 3.05) is 6.61 Å². The number of nitrogens with one attached hydrogen (secondary N) is 1. The molecule has 120 valence electrons. The summed E-state index contributed by atoms with van der Waals surface area (Å²) in [5.41, 5.74) is 2.78. The number of aliphatic hydroxyl groups excluding tert-OH is 1. The number of benzene rings is 1. The van der Waals surface area contributed by atoms with Crippen molar-refractivity contribution in [1.29, 1.82) is 0 Å². The van der Waals surface area contributed by atoms with E-state index in [1.807, 2.05) is 38.1 Å². The smallest absolute Gasteiger partial charge is 0.258 e. The Balaban J connectivity index is 1.82. The molecule has 0 aliphatic rings. The first kappa shape index (κ1) is 15.9. The molecular weight excluding hydrogens is 310 g/mol. The van der Waals surface area contributed by atoms with Crippen molar-refractivity contribution in [3.8, 4) is 0 Å². The fourth-order valence-corrected chi connectivity index (χ4v) is 3.48. The minimum Gasteiger partial charge on any atom is -0.394 e. The van der Waals surface area contributed by atoms with E-state index in [1.165, 1.54) is 11.3 Å². The van der Waals surface area contributed by atoms with Crippen molar-refractivity contribution >= 4 is 16.3 Å². The average Bonchev–Trinajstić information content (AvgIpc) is 2.90. The quantitative estimate of drug-likeness (QED) is 0.753. The highest BCUT2D eigenvalue weighted by Crippen LogP contribution is 2.18. The van der Waals surface area contributed by atoms with Crippen LogP contribution in [0.5, 0.6) is 0 Å². The minimum atomic E-state index is -0.179. The standard InChI is InChI=1S/C17H19N3O2S/c1-11-5-3-4-6-14(11)15(10-21)18-8-13-7-16(22)20-9-12(2)23-17(20)19-13/h3-7,9,15,18,21H,8,10H2,1-2H3. The number of nitrogens with zero attached hydrogens (tertiary/aromatic N) is 2. The van der Waals surface area contributed by atoms with E-state index in [-0.39, 0.29) is 18.2 Å². The first-order valence-corrected chi connectivity index (χ1v) is 8.28. The minimum absolute atomic E-state index is 0.00973. The summed E-state index contributed by atoms with van der Waals surface area (Å²) in [6, 6.07) is 9.31. The van der Waals surface area contributed by atoms with Crippen LogP contribution in [-0.2, 0) is 6.54 Å². The number of rotatable bonds is 5. The maximum absolute atomic E-state index is 12.1. The van der Waals surface area contributed by atoms with Crippen LogP contribution < -0.4 is 10.9 Å². The molecule has 0 spiro atoms. The molecule has 0 saturated heterocycles. The predicted molar refractivity (Wildman–Crippen MR) is 91.9 cm³/mol. The van der Waals surface area contributed by atoms with Gasteiger partial charge in [-0.1, -0.05) is 24.3 Å². The van der Waals surface area contributed by atoms with Gasteiger partial charge in [0.1, 0.15) is 0 Å². The third-order valence-electron chi connectivity index (χ3n) is 3.81. The second-order valence-corrected chi connectivity index (χ2v) is 6.77. The first-order chi connectivity index (χ1) is 11.1. The van der Waals surface area contributed by atoms with E-state index >= 15 is 0 Å². The summed E-state index contributed by atoms with van der Waals surface area (Å²) in [5, 5.41) is 13.0. The van der Waals surface area contributed by atoms with E-state index in [2.05, 4.69) is 10.3 Å². The molecule has 2 N–H and O–H groups in total. The number of aryl methyl sites for hydroxylation is 2. The van der Waals surface area contributed by atoms with Gasteiger partial charge >= 0.3 is 0 Å². The van der Waals surface area contributed by atoms with Gasteiger partial charge in [0.2, 0.25) is 0 Å². The first-order valence-electron chi connectivity index (χ1n) is 7.47. The number of hydrogen-bond donors (Lipinski definition) is 2. The molecule has 1 aromatic carbocycles. The van der Waals surface area contributed by atoms with Crippen molar-refractivity contribution in [1.82, 2.24) is 14.7 Å². The zero-order chi connectivity index (χ0) is 16.4. The summed E-state index contributed by atoms with van der Waals surface area (Å²) in [6.07, 6.45) is 1.80. The van der Waals surface area contributed by atoms with Crippen LogP contribution in [0.15, 0.2) is 41.3 Å². The molecule has 0 radical (unpaired) electrons. The fraction of sp³-hybridized carbons (Fsp3) is 0.294. The van der Waals surface area contributed by atoms with Gasteiger partial charge in [-0.25, -0.2) is 4.98 Å². The molecule has 2 aromatic heterocycles. The third kappa shape index (κ3) is 3.34. The van der Waals surface area contributed by atoms with Crippen molar-refractivity contribution in [2.24, 2.45) is 0 Å². The van der Waals surface area contributed by atoms with E-state index in [0.29, 0.717) is 17.2 Å². The Morgan fingerprint density at radius 2 is 2.13 bits per heavy atom. The molecule has 1 unspecified atom stereocenters. The van der Waals surface area contributed by atoms with Gasteiger partial charge in [-0.15, -0.1) is 11.3 Å². The van der Waals surface area contributed by atoms with E-state index in [9.17, 15) is 9.90 Å². The second-order valence-electron chi connectivity index (χ2n) is 5.55. The molecule has 0 amide bonds. The van der Waals surface area contributed by atoms with Crippen LogP contribution in [0.1, 0.15) is 27.7 Å². The number of fused-ring (bicyclic) bond motifs is 1. The molecule has 1 atom stereocenters. The van der Waals surface area contributed by atoms with Gasteiger partial charge in [0.05, 0.1) is 18.3 Å². The number of hydrogen-bond acceptors (Lipinski definition) is 5. The Morgan fingerprint density at radius 3 is 2.87 bits per heavy atom. The molecule has 5 nitrogen and oxygen atoms in total. The monoisotopic (exact) mass is 329 g/mol. The second kappa shape index (κ2) is 6.62. The van der Waals surface area contributed by atoms with Crippen molar-refractivity contribution < 1.29 is 5.11 Å². The molecule has 0 fully saturated rings. The molecule has 3 rings (SSSR count). The van der Waals surface area contributed by atoms with Crippen LogP contribution in [0.2, 0.25) is 0 Å². The zero-order valence-corrected chi connectivity index (χ0v) is 13.9. The molecule has 0 aliphatic heterocycles. The number of aromatic nitrogens is 2. The highest BCUT2D eigenvalue weighted by molar-refractivity contribution is 7.16. The normalized spacial score (nSPS) is 12.7. The maximum atomic E-state index is 12.1. The Bertz CT molecular complexity index is 885. The van der Waals surface area contributed by atoms with Gasteiger partial charge in [0.15, 0.2) is 4.96 Å². The topological polar surface area (TPSA) is 66.6 Å². The molecule has 23 heavy (non-hydrogen) atoms. The number of thiazole rings is 1. The maximum Gasteiger partial charge on any atom is 0.258 e. The van der Waals surface area contributed by atoms with Gasteiger partial charge in [-0.2, -0.15) is 0 Å². The Morgan fingerprint density at radius 1 is 1.35 bits per heavy atom. The summed E-state index contributed by atoms with van der Waals surface area (Å²) >= 11 is 1.49. The number of aliphatic hydroxyl groups is 1. The van der Waals surface area contributed by atoms with Gasteiger partial charge < -0.3 is 10.4 Å². The summed E-state index contributed by atoms with van der Waals surface area (Å²) < 4.78 is 1.56. The predicted octanol–water partition coefficient (Wildman–Crippen LogP) is 2.20. The highest BCUT2D eigenvalue weighted by atomic mass is 32.1. The van der Waals surface area contributed by atoms with E-state index in [4.69, 9.17) is 0 Å². The van der Waals surface area contributed by atoms with Gasteiger partial charge in [-0.05, 0) is 25.0 Å². The Hall–Kier alpha value is -2.02. The highest BCUT2D eigenvalue weighted by Gasteiger charge is 2.13. The molecule has 0 saturated carbocycles. The lowest BCUT2D eigenvalue weighted by Gasteiger charge is -2.18. The third-order valence-corrected chi connectivity index (χ3v) is 4.71. The SMILES string of the molecule is Cc1cn2c(=O)cc(CNC(CO)c3ccccc3C)nc2s1. The lowest BCUT2D eigenvalue weighted by Crippen LogP contribution is -2.26. The summed E-state index contributed by atoms with van der Waals surface area (Å²) in [7, 11) is 0. The molecule has 0 bridgehead atoms. The van der Waals surface area contributed by atoms with Crippen LogP contribution in [-0.4, -0.2) is 21.1 Å². The Labute approximate surface area is 138 Å². The van der Waals surface area contributed by atoms with E-state index in [1.54, 1.807) is 16.7 Å². The van der Waals surface area contributed by atoms with Crippen molar-refractivity contribution in [3.05, 3.63) is 68.6 Å². The molecule has 3 aromatic rings. The molecule has 6 heteroatoms. The largest absolute Gasteiger partial charge is 0.394 e. The van der Waals surface area contributed by atoms with Crippen molar-refractivity contribution in [3.63, 3.8) is 0 Å². The van der Waals surface area contributed by atoms with Crippen LogP contribution in [0.4, 0.5) is 0 Å². The molecule has 2 heterocycles. The van der Waals surface area contributed by atoms with Crippen LogP contribution >= 0.6 is 11.3 Å². The van der Waals surface area contributed by atoms with Gasteiger partial charge in [0, 0.05) is 23.7 Å². The summed E-state index contributed by atoms with van der Waals surface area (Å²) in [4.78, 5) is 18.4. The molecule has 0 aliphatic carbocycles. The van der Waals surface area contributed by atoms with E-state index < -0.39 is 0 Å². The average molecular weight is 329 g/mol. The van der Waals surface area contributed by atoms with E-state index in [0.717, 1.165) is 16.0 Å². The molecular formula is C17H19N3O2S. The lowest BCUT2D eigenvalue weighted by molar-refractivity contribution is 0.243. The summed E-state index contributed by atoms with van der Waals surface area (Å²) in [5.74, 6) is 0. The van der Waals surface area contributed by atoms with Gasteiger partial charge in [0.25, 0.3) is 5.56 Å². The summed E-state index contributed by atoms with van der Waals surface area (Å²) in [6.45, 7) is 4.40. The Kier molecular flexibility index (Phi) is 4.56. The fourth-order valence-electron chi connectivity index (χ4n) is 2.63. The lowest BCUT2D eigenvalue weighted by atomic mass is 10.0.